The average Bonchev–Trinajstić information content (AvgIpc) is 3.90. The van der Waals surface area contributed by atoms with Crippen LogP contribution in [-0.4, -0.2) is 38.6 Å². The van der Waals surface area contributed by atoms with Gasteiger partial charge in [-0.1, -0.05) is 117 Å². The third-order valence-electron chi connectivity index (χ3n) is 12.0. The van der Waals surface area contributed by atoms with E-state index in [9.17, 15) is 0 Å². The van der Waals surface area contributed by atoms with Crippen LogP contribution in [0.4, 0.5) is 0 Å². The number of thiophene rings is 2. The maximum absolute atomic E-state index is 7.45. The van der Waals surface area contributed by atoms with Gasteiger partial charge in [0.05, 0.1) is 38.6 Å². The molecular weight excluding hydrogens is 799 g/mol. The molecule has 8 rings (SSSR count). The summed E-state index contributed by atoms with van der Waals surface area (Å²) >= 11 is 3.91. The van der Waals surface area contributed by atoms with Crippen molar-refractivity contribution in [2.45, 2.75) is 107 Å². The SMILES string of the molecule is Cc1cc(C)cc(P(c2cc(C)cc(C)c2)c2c(C)sc(C)c2[C@H]2COC[C@@H]2O[C@H]2COC[C@@H]2c2c(C)sc(C)c2P(c2cc(C)cc(C)c2)c2cc(C)cc(C)c2)c1. The zero-order valence-corrected chi connectivity index (χ0v) is 40.4. The maximum atomic E-state index is 7.45. The third kappa shape index (κ3) is 8.74. The lowest BCUT2D eigenvalue weighted by atomic mass is 9.93. The fourth-order valence-corrected chi connectivity index (χ4v) is 19.1. The van der Waals surface area contributed by atoms with Crippen LogP contribution in [0.25, 0.3) is 0 Å². The van der Waals surface area contributed by atoms with Crippen LogP contribution in [0.15, 0.2) is 72.8 Å². The molecule has 0 bridgehead atoms. The zero-order valence-electron chi connectivity index (χ0n) is 37.0. The Morgan fingerprint density at radius 3 is 0.932 bits per heavy atom. The molecule has 2 fully saturated rings. The standard InChI is InChI=1S/C52H60O3P2S2/c1-29-13-30(2)18-41(17-29)56(42-19-31(3)14-32(4)20-42)51-39(11)58-37(9)49(51)45-25-53-27-47(45)55-48-28-54-26-46(48)50-38(10)59-40(12)52(50)57(43-21-33(5)15-34(6)22-43)44-23-35(7)16-36(8)24-44/h13-24,45-48H,25-28H2,1-12H3/t45-,46-,47-,48-/m0/s1. The van der Waals surface area contributed by atoms with E-state index < -0.39 is 15.8 Å². The molecule has 308 valence electrons. The highest BCUT2D eigenvalue weighted by Crippen LogP contribution is 2.47. The highest BCUT2D eigenvalue weighted by molar-refractivity contribution is 7.80. The lowest BCUT2D eigenvalue weighted by Crippen LogP contribution is -2.35. The van der Waals surface area contributed by atoms with E-state index >= 15 is 0 Å². The molecule has 0 aliphatic carbocycles. The number of aryl methyl sites for hydroxylation is 12. The molecule has 6 aromatic rings. The minimum atomic E-state index is -0.816. The molecule has 2 saturated heterocycles. The van der Waals surface area contributed by atoms with Gasteiger partial charge in [0.15, 0.2) is 0 Å². The number of hydrogen-bond acceptors (Lipinski definition) is 5. The smallest absolute Gasteiger partial charge is 0.0904 e. The quantitative estimate of drug-likeness (QED) is 0.129. The summed E-state index contributed by atoms with van der Waals surface area (Å²) in [7, 11) is -1.63. The molecule has 2 aromatic heterocycles. The van der Waals surface area contributed by atoms with Gasteiger partial charge in [-0.05, 0) is 131 Å². The van der Waals surface area contributed by atoms with Crippen LogP contribution in [0.3, 0.4) is 0 Å². The minimum absolute atomic E-state index is 0.0603. The van der Waals surface area contributed by atoms with E-state index in [4.69, 9.17) is 14.2 Å². The summed E-state index contributed by atoms with van der Waals surface area (Å²) in [5.74, 6) is 0.288. The molecule has 4 aromatic carbocycles. The molecule has 4 atom stereocenters. The van der Waals surface area contributed by atoms with Crippen molar-refractivity contribution in [1.82, 2.24) is 0 Å². The predicted octanol–water partition coefficient (Wildman–Crippen LogP) is 10.7. The molecule has 0 N–H and O–H groups in total. The fraction of sp³-hybridized carbons (Fsp3) is 0.385. The first-order chi connectivity index (χ1) is 28.1. The van der Waals surface area contributed by atoms with Crippen LogP contribution in [0.1, 0.15) is 87.0 Å². The monoisotopic (exact) mass is 858 g/mol. The second kappa shape index (κ2) is 17.4. The number of ether oxygens (including phenoxy) is 3. The Hall–Kier alpha value is -2.98. The van der Waals surface area contributed by atoms with Crippen LogP contribution in [-0.2, 0) is 14.2 Å². The van der Waals surface area contributed by atoms with E-state index in [-0.39, 0.29) is 24.0 Å². The van der Waals surface area contributed by atoms with Crippen LogP contribution in [0.5, 0.6) is 0 Å². The Kier molecular flexibility index (Phi) is 12.6. The van der Waals surface area contributed by atoms with Gasteiger partial charge in [-0.3, -0.25) is 0 Å². The topological polar surface area (TPSA) is 27.7 Å². The minimum Gasteiger partial charge on any atom is -0.378 e. The average molecular weight is 859 g/mol. The second-order valence-corrected chi connectivity index (χ2v) is 24.7. The maximum Gasteiger partial charge on any atom is 0.0904 e. The molecule has 2 aliphatic heterocycles. The first kappa shape index (κ1) is 42.7. The van der Waals surface area contributed by atoms with Crippen molar-refractivity contribution in [3.05, 3.63) is 148 Å². The van der Waals surface area contributed by atoms with E-state index in [2.05, 4.69) is 156 Å². The molecular formula is C52H60O3P2S2. The van der Waals surface area contributed by atoms with Crippen molar-refractivity contribution in [3.63, 3.8) is 0 Å². The Labute approximate surface area is 364 Å². The predicted molar refractivity (Wildman–Crippen MR) is 259 cm³/mol. The van der Waals surface area contributed by atoms with E-state index in [1.807, 2.05) is 22.7 Å². The lowest BCUT2D eigenvalue weighted by Gasteiger charge is -2.30. The molecule has 2 aliphatic rings. The molecule has 0 saturated carbocycles. The van der Waals surface area contributed by atoms with Crippen molar-refractivity contribution in [2.24, 2.45) is 0 Å². The van der Waals surface area contributed by atoms with Gasteiger partial charge in [0.2, 0.25) is 0 Å². The van der Waals surface area contributed by atoms with Crippen LogP contribution in [0, 0.1) is 83.1 Å². The van der Waals surface area contributed by atoms with Crippen molar-refractivity contribution in [1.29, 1.82) is 0 Å². The van der Waals surface area contributed by atoms with Gasteiger partial charge in [-0.15, -0.1) is 22.7 Å². The molecule has 0 radical (unpaired) electrons. The Balaban J connectivity index is 1.19. The normalized spacial score (nSPS) is 19.5. The molecule has 3 nitrogen and oxygen atoms in total. The summed E-state index contributed by atoms with van der Waals surface area (Å²) in [4.78, 5) is 5.60. The first-order valence-corrected chi connectivity index (χ1v) is 25.4. The molecule has 7 heteroatoms. The van der Waals surface area contributed by atoms with Crippen LogP contribution >= 0.6 is 38.5 Å². The Morgan fingerprint density at radius 1 is 0.390 bits per heavy atom. The zero-order chi connectivity index (χ0) is 41.9. The summed E-state index contributed by atoms with van der Waals surface area (Å²) in [5, 5.41) is 8.69. The van der Waals surface area contributed by atoms with Crippen molar-refractivity contribution >= 4 is 70.3 Å². The Bertz CT molecular complexity index is 2170. The summed E-state index contributed by atoms with van der Waals surface area (Å²) in [6, 6.07) is 28.6. The van der Waals surface area contributed by atoms with E-state index in [1.165, 1.54) is 107 Å². The van der Waals surface area contributed by atoms with Gasteiger partial charge in [0, 0.05) is 42.0 Å². The molecule has 59 heavy (non-hydrogen) atoms. The van der Waals surface area contributed by atoms with Gasteiger partial charge in [-0.2, -0.15) is 0 Å². The number of rotatable bonds is 10. The van der Waals surface area contributed by atoms with Crippen molar-refractivity contribution in [3.8, 4) is 0 Å². The summed E-state index contributed by atoms with van der Waals surface area (Å²) in [6.07, 6.45) is -0.121. The van der Waals surface area contributed by atoms with Gasteiger partial charge in [0.1, 0.15) is 0 Å². The number of hydrogen-bond donors (Lipinski definition) is 0. The van der Waals surface area contributed by atoms with Gasteiger partial charge >= 0.3 is 0 Å². The van der Waals surface area contributed by atoms with Crippen molar-refractivity contribution < 1.29 is 14.2 Å². The highest BCUT2D eigenvalue weighted by atomic mass is 32.1. The summed E-state index contributed by atoms with van der Waals surface area (Å²) in [6.45, 7) is 29.8. The van der Waals surface area contributed by atoms with E-state index in [1.54, 1.807) is 0 Å². The summed E-state index contributed by atoms with van der Waals surface area (Å²) in [5.41, 5.74) is 13.4. The number of benzene rings is 4. The Morgan fingerprint density at radius 2 is 0.661 bits per heavy atom. The first-order valence-electron chi connectivity index (χ1n) is 21.1. The van der Waals surface area contributed by atoms with Crippen molar-refractivity contribution in [2.75, 3.05) is 26.4 Å². The summed E-state index contributed by atoms with van der Waals surface area (Å²) < 4.78 is 20.4. The van der Waals surface area contributed by atoms with E-state index in [0.29, 0.717) is 26.4 Å². The van der Waals surface area contributed by atoms with Gasteiger partial charge < -0.3 is 14.2 Å². The largest absolute Gasteiger partial charge is 0.378 e. The fourth-order valence-electron chi connectivity index (χ4n) is 10.0. The highest BCUT2D eigenvalue weighted by Gasteiger charge is 2.43. The van der Waals surface area contributed by atoms with Gasteiger partial charge in [0.25, 0.3) is 0 Å². The van der Waals surface area contributed by atoms with Crippen LogP contribution < -0.4 is 31.8 Å². The lowest BCUT2D eigenvalue weighted by molar-refractivity contribution is -0.0292. The second-order valence-electron chi connectivity index (χ2n) is 17.5. The molecule has 4 heterocycles. The molecule has 0 amide bonds. The molecule has 0 unspecified atom stereocenters. The van der Waals surface area contributed by atoms with E-state index in [0.717, 1.165) is 0 Å². The van der Waals surface area contributed by atoms with Gasteiger partial charge in [-0.25, -0.2) is 0 Å². The third-order valence-corrected chi connectivity index (χ3v) is 19.5. The molecule has 0 spiro atoms. The van der Waals surface area contributed by atoms with Crippen LogP contribution in [0.2, 0.25) is 0 Å².